The number of hydrogen-bond donors (Lipinski definition) is 1. The topological polar surface area (TPSA) is 24.9 Å². The summed E-state index contributed by atoms with van der Waals surface area (Å²) in [6, 6.07) is 8.68. The second kappa shape index (κ2) is 6.07. The first-order valence-electron chi connectivity index (χ1n) is 5.72. The van der Waals surface area contributed by atoms with E-state index >= 15 is 0 Å². The van der Waals surface area contributed by atoms with Gasteiger partial charge in [0.05, 0.1) is 5.69 Å². The van der Waals surface area contributed by atoms with E-state index in [4.69, 9.17) is 0 Å². The molecule has 0 amide bonds. The lowest BCUT2D eigenvalue weighted by Crippen LogP contribution is -2.14. The highest BCUT2D eigenvalue weighted by Crippen LogP contribution is 2.17. The van der Waals surface area contributed by atoms with Gasteiger partial charge in [-0.05, 0) is 36.2 Å². The third-order valence-electron chi connectivity index (χ3n) is 2.74. The molecule has 0 unspecified atom stereocenters. The number of nitrogens with one attached hydrogen (secondary N) is 1. The Labute approximate surface area is 114 Å². The minimum Gasteiger partial charge on any atom is -0.307 e. The van der Waals surface area contributed by atoms with Crippen LogP contribution in [-0.2, 0) is 13.1 Å². The molecule has 1 heterocycles. The van der Waals surface area contributed by atoms with Gasteiger partial charge in [-0.2, -0.15) is 0 Å². The molecule has 0 fully saturated rings. The lowest BCUT2D eigenvalue weighted by molar-refractivity contribution is 0.622. The molecule has 2 aromatic rings. The van der Waals surface area contributed by atoms with Crippen LogP contribution in [0.3, 0.4) is 0 Å². The molecule has 0 spiro atoms. The Balaban J connectivity index is 1.95. The van der Waals surface area contributed by atoms with Crippen molar-refractivity contribution < 1.29 is 4.39 Å². The van der Waals surface area contributed by atoms with E-state index in [1.807, 2.05) is 19.1 Å². The number of halogens is 2. The van der Waals surface area contributed by atoms with Gasteiger partial charge >= 0.3 is 0 Å². The zero-order valence-corrected chi connectivity index (χ0v) is 11.7. The van der Waals surface area contributed by atoms with E-state index in [-0.39, 0.29) is 5.82 Å². The first kappa shape index (κ1) is 13.2. The lowest BCUT2D eigenvalue weighted by Gasteiger charge is -2.08. The van der Waals surface area contributed by atoms with Gasteiger partial charge in [0.1, 0.15) is 5.82 Å². The fraction of sp³-hybridized carbons (Fsp3) is 0.214. The van der Waals surface area contributed by atoms with Crippen LogP contribution in [0.1, 0.15) is 16.8 Å². The predicted octanol–water partition coefficient (Wildman–Crippen LogP) is 3.58. The molecule has 0 atom stereocenters. The largest absolute Gasteiger partial charge is 0.307 e. The van der Waals surface area contributed by atoms with Crippen LogP contribution in [0.5, 0.6) is 0 Å². The summed E-state index contributed by atoms with van der Waals surface area (Å²) in [5, 5.41) is 3.30. The molecule has 4 heteroatoms. The van der Waals surface area contributed by atoms with Gasteiger partial charge in [0, 0.05) is 23.8 Å². The van der Waals surface area contributed by atoms with Crippen LogP contribution in [0.25, 0.3) is 0 Å². The summed E-state index contributed by atoms with van der Waals surface area (Å²) in [5.41, 5.74) is 3.24. The Kier molecular flexibility index (Phi) is 4.44. The van der Waals surface area contributed by atoms with Gasteiger partial charge in [-0.15, -0.1) is 0 Å². The van der Waals surface area contributed by atoms with E-state index in [9.17, 15) is 4.39 Å². The van der Waals surface area contributed by atoms with Crippen molar-refractivity contribution in [1.82, 2.24) is 10.3 Å². The Morgan fingerprint density at radius 2 is 2.11 bits per heavy atom. The summed E-state index contributed by atoms with van der Waals surface area (Å²) in [5.74, 6) is -0.230. The van der Waals surface area contributed by atoms with Crippen LogP contribution in [-0.4, -0.2) is 4.98 Å². The molecule has 2 rings (SSSR count). The van der Waals surface area contributed by atoms with E-state index in [0.29, 0.717) is 13.1 Å². The Morgan fingerprint density at radius 1 is 1.28 bits per heavy atom. The lowest BCUT2D eigenvalue weighted by atomic mass is 10.2. The molecule has 0 aliphatic heterocycles. The average Bonchev–Trinajstić information content (AvgIpc) is 2.34. The second-order valence-electron chi connectivity index (χ2n) is 4.11. The third kappa shape index (κ3) is 3.37. The Bertz CT molecular complexity index is 543. The number of rotatable bonds is 4. The van der Waals surface area contributed by atoms with Crippen LogP contribution < -0.4 is 5.32 Å². The highest BCUT2D eigenvalue weighted by molar-refractivity contribution is 9.10. The molecule has 0 saturated carbocycles. The summed E-state index contributed by atoms with van der Waals surface area (Å²) in [7, 11) is 0. The molecule has 0 bridgehead atoms. The van der Waals surface area contributed by atoms with E-state index in [1.165, 1.54) is 17.7 Å². The van der Waals surface area contributed by atoms with E-state index in [1.54, 1.807) is 12.3 Å². The molecule has 0 saturated heterocycles. The normalized spacial score (nSPS) is 10.6. The summed E-state index contributed by atoms with van der Waals surface area (Å²) >= 11 is 3.35. The maximum absolute atomic E-state index is 12.9. The minimum atomic E-state index is -0.230. The maximum Gasteiger partial charge on any atom is 0.124 e. The van der Waals surface area contributed by atoms with Gasteiger partial charge in [0.2, 0.25) is 0 Å². The van der Waals surface area contributed by atoms with Gasteiger partial charge in [-0.1, -0.05) is 28.1 Å². The zero-order valence-electron chi connectivity index (χ0n) is 10.1. The third-order valence-corrected chi connectivity index (χ3v) is 3.48. The Hall–Kier alpha value is -1.26. The molecule has 2 nitrogen and oxygen atoms in total. The van der Waals surface area contributed by atoms with Crippen molar-refractivity contribution in [3.8, 4) is 0 Å². The number of hydrogen-bond acceptors (Lipinski definition) is 2. The fourth-order valence-corrected chi connectivity index (χ4v) is 2.18. The van der Waals surface area contributed by atoms with Crippen LogP contribution >= 0.6 is 15.9 Å². The molecule has 0 radical (unpaired) electrons. The summed E-state index contributed by atoms with van der Waals surface area (Å²) in [6.45, 7) is 3.42. The van der Waals surface area contributed by atoms with Crippen molar-refractivity contribution in [1.29, 1.82) is 0 Å². The number of aromatic nitrogens is 1. The first-order chi connectivity index (χ1) is 8.66. The van der Waals surface area contributed by atoms with Crippen molar-refractivity contribution in [2.75, 3.05) is 0 Å². The summed E-state index contributed by atoms with van der Waals surface area (Å²) in [6.07, 6.45) is 1.79. The Morgan fingerprint density at radius 3 is 2.83 bits per heavy atom. The average molecular weight is 309 g/mol. The maximum atomic E-state index is 12.9. The first-order valence-corrected chi connectivity index (χ1v) is 6.51. The molecular formula is C14H14BrFN2. The van der Waals surface area contributed by atoms with Crippen molar-refractivity contribution in [2.24, 2.45) is 0 Å². The van der Waals surface area contributed by atoms with Crippen molar-refractivity contribution >= 4 is 15.9 Å². The van der Waals surface area contributed by atoms with Gasteiger partial charge < -0.3 is 5.32 Å². The van der Waals surface area contributed by atoms with Crippen LogP contribution in [0.15, 0.2) is 41.0 Å². The fourth-order valence-electron chi connectivity index (χ4n) is 1.68. The molecule has 18 heavy (non-hydrogen) atoms. The SMILES string of the molecule is Cc1cccnc1CNCc1ccc(F)cc1Br. The molecule has 0 aliphatic rings. The monoisotopic (exact) mass is 308 g/mol. The smallest absolute Gasteiger partial charge is 0.124 e. The minimum absolute atomic E-state index is 0.230. The van der Waals surface area contributed by atoms with Gasteiger partial charge in [-0.25, -0.2) is 4.39 Å². The van der Waals surface area contributed by atoms with E-state index < -0.39 is 0 Å². The number of benzene rings is 1. The highest BCUT2D eigenvalue weighted by atomic mass is 79.9. The van der Waals surface area contributed by atoms with Crippen LogP contribution in [0, 0.1) is 12.7 Å². The molecule has 0 aliphatic carbocycles. The summed E-state index contributed by atoms with van der Waals surface area (Å²) in [4.78, 5) is 4.31. The van der Waals surface area contributed by atoms with Gasteiger partial charge in [0.25, 0.3) is 0 Å². The number of aryl methyl sites for hydroxylation is 1. The highest BCUT2D eigenvalue weighted by Gasteiger charge is 2.02. The molecule has 94 valence electrons. The van der Waals surface area contributed by atoms with Gasteiger partial charge in [-0.3, -0.25) is 4.98 Å². The quantitative estimate of drug-likeness (QED) is 0.934. The number of nitrogens with zero attached hydrogens (tertiary/aromatic N) is 1. The van der Waals surface area contributed by atoms with Gasteiger partial charge in [0.15, 0.2) is 0 Å². The van der Waals surface area contributed by atoms with E-state index in [2.05, 4.69) is 26.2 Å². The summed E-state index contributed by atoms with van der Waals surface area (Å²) < 4.78 is 13.7. The van der Waals surface area contributed by atoms with Crippen LogP contribution in [0.2, 0.25) is 0 Å². The number of pyridine rings is 1. The van der Waals surface area contributed by atoms with Crippen molar-refractivity contribution in [3.63, 3.8) is 0 Å². The zero-order chi connectivity index (χ0) is 13.0. The van der Waals surface area contributed by atoms with Crippen molar-refractivity contribution in [2.45, 2.75) is 20.0 Å². The molecular weight excluding hydrogens is 295 g/mol. The molecule has 1 N–H and O–H groups in total. The second-order valence-corrected chi connectivity index (χ2v) is 4.96. The molecule has 1 aromatic heterocycles. The van der Waals surface area contributed by atoms with E-state index in [0.717, 1.165) is 15.7 Å². The van der Waals surface area contributed by atoms with Crippen molar-refractivity contribution in [3.05, 3.63) is 63.6 Å². The predicted molar refractivity (Wildman–Crippen MR) is 73.6 cm³/mol. The van der Waals surface area contributed by atoms with Crippen LogP contribution in [0.4, 0.5) is 4.39 Å². The molecule has 1 aromatic carbocycles. The standard InChI is InChI=1S/C14H14BrFN2/c1-10-3-2-6-18-14(10)9-17-8-11-4-5-12(16)7-13(11)15/h2-7,17H,8-9H2,1H3.